The molecule has 0 saturated carbocycles. The second kappa shape index (κ2) is 14.8. The number of nitrogens with one attached hydrogen (secondary N) is 2. The van der Waals surface area contributed by atoms with Crippen molar-refractivity contribution in [1.82, 2.24) is 9.80 Å². The summed E-state index contributed by atoms with van der Waals surface area (Å²) >= 11 is 0. The lowest BCUT2D eigenvalue weighted by Crippen LogP contribution is -2.47. The Balaban J connectivity index is 1.53. The molecule has 4 rings (SSSR count). The lowest BCUT2D eigenvalue weighted by molar-refractivity contribution is -0.134. The first kappa shape index (κ1) is 31.7. The van der Waals surface area contributed by atoms with Crippen molar-refractivity contribution in [3.8, 4) is 17.2 Å². The number of nitrogens with zero attached hydrogens (tertiary/aromatic N) is 2. The summed E-state index contributed by atoms with van der Waals surface area (Å²) in [4.78, 5) is 30.2. The first-order valence-electron chi connectivity index (χ1n) is 14.4. The van der Waals surface area contributed by atoms with E-state index < -0.39 is 6.03 Å². The van der Waals surface area contributed by atoms with Crippen LogP contribution in [-0.2, 0) is 17.8 Å². The van der Waals surface area contributed by atoms with Gasteiger partial charge in [0, 0.05) is 42.5 Å². The Kier molecular flexibility index (Phi) is 10.9. The number of carbonyl (C=O) groups is 2. The van der Waals surface area contributed by atoms with Gasteiger partial charge in [0.25, 0.3) is 0 Å². The van der Waals surface area contributed by atoms with E-state index >= 15 is 0 Å². The van der Waals surface area contributed by atoms with E-state index in [1.807, 2.05) is 38.2 Å². The molecule has 1 aliphatic rings. The molecule has 0 unspecified atom stereocenters. The van der Waals surface area contributed by atoms with Crippen LogP contribution in [0.3, 0.4) is 0 Å². The third-order valence-electron chi connectivity index (χ3n) is 7.63. The van der Waals surface area contributed by atoms with Gasteiger partial charge in [-0.3, -0.25) is 9.69 Å². The first-order valence-corrected chi connectivity index (χ1v) is 14.4. The predicted molar refractivity (Wildman–Crippen MR) is 167 cm³/mol. The zero-order valence-corrected chi connectivity index (χ0v) is 25.5. The third-order valence-corrected chi connectivity index (χ3v) is 7.63. The van der Waals surface area contributed by atoms with Gasteiger partial charge in [0.1, 0.15) is 23.4 Å². The van der Waals surface area contributed by atoms with E-state index in [-0.39, 0.29) is 37.0 Å². The second-order valence-electron chi connectivity index (χ2n) is 11.1. The standard InChI is InChI=1S/C33H42N4O6/c1-22-18-37(23(2)21-38)32(39)17-25-16-27(35-33(40)34-26-8-13-29(42-5)14-9-26)10-15-30(25)43-31(22)20-36(3)19-24-6-11-28(41-4)12-7-24/h6-16,22-23,31,38H,17-21H2,1-5H3,(H2,34,35,40)/t22-,23-,31+/m1/s1. The van der Waals surface area contributed by atoms with Crippen molar-refractivity contribution in [2.45, 2.75) is 39.0 Å². The number of urea groups is 1. The number of amides is 3. The van der Waals surface area contributed by atoms with E-state index in [9.17, 15) is 14.7 Å². The van der Waals surface area contributed by atoms with E-state index in [4.69, 9.17) is 14.2 Å². The molecule has 43 heavy (non-hydrogen) atoms. The number of fused-ring (bicyclic) bond motifs is 1. The Morgan fingerprint density at radius 2 is 1.63 bits per heavy atom. The molecule has 10 heteroatoms. The fraction of sp³-hybridized carbons (Fsp3) is 0.394. The van der Waals surface area contributed by atoms with E-state index in [0.29, 0.717) is 48.1 Å². The molecule has 1 heterocycles. The zero-order chi connectivity index (χ0) is 30.9. The molecule has 0 aliphatic carbocycles. The number of rotatable bonds is 10. The van der Waals surface area contributed by atoms with Gasteiger partial charge in [-0.1, -0.05) is 19.1 Å². The number of hydrogen-bond acceptors (Lipinski definition) is 7. The number of aliphatic hydroxyl groups is 1. The number of likely N-dealkylation sites (N-methyl/N-ethyl adjacent to an activating group) is 1. The van der Waals surface area contributed by atoms with E-state index in [1.165, 1.54) is 0 Å². The van der Waals surface area contributed by atoms with Crippen molar-refractivity contribution >= 4 is 23.3 Å². The van der Waals surface area contributed by atoms with Crippen LogP contribution >= 0.6 is 0 Å². The number of carbonyl (C=O) groups excluding carboxylic acids is 2. The van der Waals surface area contributed by atoms with Crippen LogP contribution in [-0.4, -0.2) is 80.0 Å². The fourth-order valence-electron chi connectivity index (χ4n) is 5.11. The SMILES string of the molecule is COc1ccc(CN(C)C[C@@H]2Oc3ccc(NC(=O)Nc4ccc(OC)cc4)cc3CC(=O)N([C@H](C)CO)C[C@H]2C)cc1. The Labute approximate surface area is 253 Å². The molecule has 0 bridgehead atoms. The fourth-order valence-corrected chi connectivity index (χ4v) is 5.11. The zero-order valence-electron chi connectivity index (χ0n) is 25.5. The van der Waals surface area contributed by atoms with Gasteiger partial charge in [0.15, 0.2) is 0 Å². The summed E-state index contributed by atoms with van der Waals surface area (Å²) in [6.45, 7) is 5.56. The van der Waals surface area contributed by atoms with Gasteiger partial charge in [0.05, 0.1) is 33.3 Å². The minimum absolute atomic E-state index is 0.0182. The van der Waals surface area contributed by atoms with Crippen LogP contribution in [0, 0.1) is 5.92 Å². The number of aliphatic hydroxyl groups excluding tert-OH is 1. The number of methoxy groups -OCH3 is 2. The van der Waals surface area contributed by atoms with Gasteiger partial charge < -0.3 is 34.9 Å². The van der Waals surface area contributed by atoms with Crippen molar-refractivity contribution in [1.29, 1.82) is 0 Å². The molecule has 0 aromatic heterocycles. The van der Waals surface area contributed by atoms with E-state index in [1.54, 1.807) is 61.6 Å². The molecule has 0 fully saturated rings. The first-order chi connectivity index (χ1) is 20.7. The molecule has 3 aromatic carbocycles. The van der Waals surface area contributed by atoms with Crippen LogP contribution in [0.5, 0.6) is 17.2 Å². The Morgan fingerprint density at radius 3 is 2.26 bits per heavy atom. The minimum Gasteiger partial charge on any atom is -0.497 e. The second-order valence-corrected chi connectivity index (χ2v) is 11.1. The van der Waals surface area contributed by atoms with Gasteiger partial charge in [0.2, 0.25) is 5.91 Å². The largest absolute Gasteiger partial charge is 0.497 e. The monoisotopic (exact) mass is 590 g/mol. The maximum atomic E-state index is 13.5. The average Bonchev–Trinajstić information content (AvgIpc) is 3.04. The topological polar surface area (TPSA) is 113 Å². The maximum Gasteiger partial charge on any atom is 0.323 e. The number of anilines is 2. The summed E-state index contributed by atoms with van der Waals surface area (Å²) in [6.07, 6.45) is -0.158. The van der Waals surface area contributed by atoms with Crippen LogP contribution in [0.4, 0.5) is 16.2 Å². The summed E-state index contributed by atoms with van der Waals surface area (Å²) in [5.74, 6) is 1.98. The quantitative estimate of drug-likeness (QED) is 0.316. The van der Waals surface area contributed by atoms with Gasteiger partial charge in [-0.05, 0) is 74.1 Å². The highest BCUT2D eigenvalue weighted by atomic mass is 16.5. The number of hydrogen-bond donors (Lipinski definition) is 3. The molecule has 1 aliphatic heterocycles. The van der Waals surface area contributed by atoms with Gasteiger partial charge in [-0.2, -0.15) is 0 Å². The molecule has 0 saturated heterocycles. The molecule has 3 N–H and O–H groups in total. The normalized spacial score (nSPS) is 17.6. The molecule has 3 amide bonds. The van der Waals surface area contributed by atoms with Crippen molar-refractivity contribution in [2.24, 2.45) is 5.92 Å². The van der Waals surface area contributed by atoms with Gasteiger partial charge >= 0.3 is 6.03 Å². The molecule has 0 spiro atoms. The highest BCUT2D eigenvalue weighted by Gasteiger charge is 2.31. The van der Waals surface area contributed by atoms with Crippen LogP contribution in [0.25, 0.3) is 0 Å². The molecule has 0 radical (unpaired) electrons. The third kappa shape index (κ3) is 8.62. The Bertz CT molecular complexity index is 1360. The summed E-state index contributed by atoms with van der Waals surface area (Å²) in [5, 5.41) is 15.6. The lowest BCUT2D eigenvalue weighted by atomic mass is 10.0. The summed E-state index contributed by atoms with van der Waals surface area (Å²) < 4.78 is 17.1. The van der Waals surface area contributed by atoms with Crippen LogP contribution in [0.15, 0.2) is 66.7 Å². The Morgan fingerprint density at radius 1 is 1.02 bits per heavy atom. The molecular weight excluding hydrogens is 548 g/mol. The van der Waals surface area contributed by atoms with Crippen molar-refractivity contribution in [3.05, 3.63) is 77.9 Å². The Hall–Kier alpha value is -4.28. The minimum atomic E-state index is -0.414. The maximum absolute atomic E-state index is 13.5. The summed E-state index contributed by atoms with van der Waals surface area (Å²) in [5.41, 5.74) is 2.96. The van der Waals surface area contributed by atoms with Crippen molar-refractivity contribution < 1.29 is 28.9 Å². The molecule has 10 nitrogen and oxygen atoms in total. The lowest BCUT2D eigenvalue weighted by Gasteiger charge is -2.34. The van der Waals surface area contributed by atoms with Crippen LogP contribution in [0.1, 0.15) is 25.0 Å². The van der Waals surface area contributed by atoms with Crippen LogP contribution < -0.4 is 24.8 Å². The molecule has 3 aromatic rings. The van der Waals surface area contributed by atoms with Gasteiger partial charge in [-0.15, -0.1) is 0 Å². The highest BCUT2D eigenvalue weighted by molar-refractivity contribution is 6.00. The molecular formula is C33H42N4O6. The van der Waals surface area contributed by atoms with Crippen molar-refractivity contribution in [2.75, 3.05) is 51.6 Å². The van der Waals surface area contributed by atoms with E-state index in [2.05, 4.69) is 22.5 Å². The van der Waals surface area contributed by atoms with E-state index in [0.717, 1.165) is 11.3 Å². The average molecular weight is 591 g/mol. The van der Waals surface area contributed by atoms with Crippen LogP contribution in [0.2, 0.25) is 0 Å². The summed E-state index contributed by atoms with van der Waals surface area (Å²) in [7, 11) is 5.28. The molecule has 3 atom stereocenters. The summed E-state index contributed by atoms with van der Waals surface area (Å²) in [6, 6.07) is 19.6. The number of ether oxygens (including phenoxy) is 3. The van der Waals surface area contributed by atoms with Crippen molar-refractivity contribution in [3.63, 3.8) is 0 Å². The van der Waals surface area contributed by atoms with Gasteiger partial charge in [-0.25, -0.2) is 4.79 Å². The molecule has 230 valence electrons. The predicted octanol–water partition coefficient (Wildman–Crippen LogP) is 4.63. The number of benzene rings is 3. The smallest absolute Gasteiger partial charge is 0.323 e. The highest BCUT2D eigenvalue weighted by Crippen LogP contribution is 2.29.